The van der Waals surface area contributed by atoms with Crippen molar-refractivity contribution in [1.82, 2.24) is 0 Å². The normalized spacial score (nSPS) is 16.3. The van der Waals surface area contributed by atoms with Gasteiger partial charge in [0.05, 0.1) is 0 Å². The van der Waals surface area contributed by atoms with E-state index >= 15 is 0 Å². The molecule has 2 nitrogen and oxygen atoms in total. The minimum Gasteiger partial charge on any atom is -0.442 e. The number of rotatable bonds is 2. The Labute approximate surface area is 114 Å². The lowest BCUT2D eigenvalue weighted by Gasteiger charge is -2.23. The highest BCUT2D eigenvalue weighted by molar-refractivity contribution is 5.87. The fourth-order valence-corrected chi connectivity index (χ4v) is 2.17. The Morgan fingerprint density at radius 1 is 1.26 bits per heavy atom. The first-order valence-electron chi connectivity index (χ1n) is 6.58. The Bertz CT molecular complexity index is 525. The molecular weight excluding hydrogens is 236 g/mol. The van der Waals surface area contributed by atoms with Gasteiger partial charge in [0.2, 0.25) is 0 Å². The van der Waals surface area contributed by atoms with E-state index in [1.807, 2.05) is 30.3 Å². The number of ether oxygens (including phenoxy) is 1. The maximum atomic E-state index is 11.7. The molecule has 1 fully saturated rings. The highest BCUT2D eigenvalue weighted by Gasteiger charge is 2.36. The minimum atomic E-state index is -0.619. The van der Waals surface area contributed by atoms with Gasteiger partial charge in [-0.1, -0.05) is 30.7 Å². The Balaban J connectivity index is 2.19. The molecule has 0 unspecified atom stereocenters. The van der Waals surface area contributed by atoms with Gasteiger partial charge < -0.3 is 4.74 Å². The molecular formula is C17H18O2. The average Bonchev–Trinajstić information content (AvgIpc) is 2.86. The van der Waals surface area contributed by atoms with Gasteiger partial charge in [0.15, 0.2) is 5.60 Å². The average molecular weight is 254 g/mol. The van der Waals surface area contributed by atoms with E-state index in [1.54, 1.807) is 6.92 Å². The third-order valence-corrected chi connectivity index (χ3v) is 3.26. The molecule has 0 aliphatic heterocycles. The first kappa shape index (κ1) is 13.4. The van der Waals surface area contributed by atoms with Crippen LogP contribution in [0.15, 0.2) is 42.5 Å². The smallest absolute Gasteiger partial charge is 0.334 e. The summed E-state index contributed by atoms with van der Waals surface area (Å²) in [6.45, 7) is 5.29. The molecule has 0 spiro atoms. The van der Waals surface area contributed by atoms with Crippen molar-refractivity contribution in [2.24, 2.45) is 0 Å². The lowest BCUT2D eigenvalue weighted by atomic mass is 10.0. The van der Waals surface area contributed by atoms with Crippen LogP contribution in [0.2, 0.25) is 0 Å². The molecule has 0 atom stereocenters. The molecule has 2 heteroatoms. The molecule has 0 bridgehead atoms. The van der Waals surface area contributed by atoms with Crippen LogP contribution in [0.25, 0.3) is 0 Å². The minimum absolute atomic E-state index is 0.343. The second kappa shape index (κ2) is 5.75. The number of hydrogen-bond acceptors (Lipinski definition) is 2. The lowest BCUT2D eigenvalue weighted by Crippen LogP contribution is -2.30. The molecule has 1 saturated carbocycles. The van der Waals surface area contributed by atoms with Crippen LogP contribution in [0.1, 0.15) is 38.2 Å². The quantitative estimate of drug-likeness (QED) is 0.459. The van der Waals surface area contributed by atoms with Crippen molar-refractivity contribution in [3.8, 4) is 11.8 Å². The molecule has 1 aromatic rings. The molecule has 1 aromatic carbocycles. The van der Waals surface area contributed by atoms with Crippen LogP contribution >= 0.6 is 0 Å². The van der Waals surface area contributed by atoms with Gasteiger partial charge >= 0.3 is 5.97 Å². The molecule has 98 valence electrons. The molecule has 0 radical (unpaired) electrons. The fourth-order valence-electron chi connectivity index (χ4n) is 2.17. The van der Waals surface area contributed by atoms with Gasteiger partial charge in [0, 0.05) is 11.1 Å². The predicted molar refractivity (Wildman–Crippen MR) is 75.4 cm³/mol. The van der Waals surface area contributed by atoms with E-state index in [-0.39, 0.29) is 5.97 Å². The summed E-state index contributed by atoms with van der Waals surface area (Å²) in [5.74, 6) is 5.93. The number of hydrogen-bond donors (Lipinski definition) is 0. The van der Waals surface area contributed by atoms with Crippen molar-refractivity contribution in [3.05, 3.63) is 48.0 Å². The van der Waals surface area contributed by atoms with E-state index < -0.39 is 5.60 Å². The summed E-state index contributed by atoms with van der Waals surface area (Å²) in [5, 5.41) is 0. The predicted octanol–water partition coefficient (Wildman–Crippen LogP) is 3.47. The van der Waals surface area contributed by atoms with Crippen molar-refractivity contribution < 1.29 is 9.53 Å². The number of carbonyl (C=O) groups is 1. The highest BCUT2D eigenvalue weighted by atomic mass is 16.6. The molecule has 0 saturated heterocycles. The zero-order valence-electron chi connectivity index (χ0n) is 11.2. The van der Waals surface area contributed by atoms with Crippen LogP contribution in [0.5, 0.6) is 0 Å². The maximum absolute atomic E-state index is 11.7. The van der Waals surface area contributed by atoms with Crippen LogP contribution in [0.3, 0.4) is 0 Å². The third kappa shape index (κ3) is 3.48. The fraction of sp³-hybridized carbons (Fsp3) is 0.353. The monoisotopic (exact) mass is 254 g/mol. The summed E-state index contributed by atoms with van der Waals surface area (Å²) in [4.78, 5) is 11.7. The van der Waals surface area contributed by atoms with E-state index in [0.29, 0.717) is 5.57 Å². The van der Waals surface area contributed by atoms with Crippen LogP contribution in [0, 0.1) is 11.8 Å². The second-order valence-electron chi connectivity index (χ2n) is 4.99. The first-order chi connectivity index (χ1) is 9.11. The van der Waals surface area contributed by atoms with Gasteiger partial charge in [-0.3, -0.25) is 0 Å². The SMILES string of the molecule is C=C(C)C(=O)OC1(C#Cc2ccccc2)CCCC1. The van der Waals surface area contributed by atoms with Crippen molar-refractivity contribution in [2.75, 3.05) is 0 Å². The lowest BCUT2D eigenvalue weighted by molar-refractivity contribution is -0.148. The van der Waals surface area contributed by atoms with Crippen LogP contribution in [-0.4, -0.2) is 11.6 Å². The molecule has 0 N–H and O–H groups in total. The Kier molecular flexibility index (Phi) is 4.06. The zero-order valence-corrected chi connectivity index (χ0v) is 11.2. The highest BCUT2D eigenvalue weighted by Crippen LogP contribution is 2.33. The number of carbonyl (C=O) groups excluding carboxylic acids is 1. The summed E-state index contributed by atoms with van der Waals surface area (Å²) >= 11 is 0. The van der Waals surface area contributed by atoms with E-state index in [1.165, 1.54) is 0 Å². The summed E-state index contributed by atoms with van der Waals surface area (Å²) in [7, 11) is 0. The summed E-state index contributed by atoms with van der Waals surface area (Å²) in [5.41, 5.74) is 0.749. The van der Waals surface area contributed by atoms with Crippen molar-refractivity contribution in [2.45, 2.75) is 38.2 Å². The standard InChI is InChI=1S/C17H18O2/c1-14(2)16(18)19-17(11-6-7-12-17)13-10-15-8-4-3-5-9-15/h3-5,8-9H,1,6-7,11-12H2,2H3. The summed E-state index contributed by atoms with van der Waals surface area (Å²) in [6.07, 6.45) is 3.72. The van der Waals surface area contributed by atoms with E-state index in [2.05, 4.69) is 18.4 Å². The van der Waals surface area contributed by atoms with Gasteiger partial charge in [0.25, 0.3) is 0 Å². The van der Waals surface area contributed by atoms with Gasteiger partial charge in [-0.15, -0.1) is 0 Å². The molecule has 0 heterocycles. The van der Waals surface area contributed by atoms with Gasteiger partial charge in [-0.25, -0.2) is 4.79 Å². The second-order valence-corrected chi connectivity index (χ2v) is 4.99. The molecule has 0 aromatic heterocycles. The van der Waals surface area contributed by atoms with Gasteiger partial charge in [-0.2, -0.15) is 0 Å². The Hall–Kier alpha value is -2.01. The van der Waals surface area contributed by atoms with Crippen molar-refractivity contribution in [3.63, 3.8) is 0 Å². The Morgan fingerprint density at radius 2 is 1.89 bits per heavy atom. The van der Waals surface area contributed by atoms with Crippen LogP contribution in [0.4, 0.5) is 0 Å². The van der Waals surface area contributed by atoms with Crippen LogP contribution < -0.4 is 0 Å². The molecule has 1 aliphatic rings. The molecule has 19 heavy (non-hydrogen) atoms. The largest absolute Gasteiger partial charge is 0.442 e. The number of benzene rings is 1. The van der Waals surface area contributed by atoms with Crippen LogP contribution in [-0.2, 0) is 9.53 Å². The molecule has 2 rings (SSSR count). The maximum Gasteiger partial charge on any atom is 0.334 e. The van der Waals surface area contributed by atoms with E-state index in [4.69, 9.17) is 4.74 Å². The van der Waals surface area contributed by atoms with E-state index in [0.717, 1.165) is 31.2 Å². The van der Waals surface area contributed by atoms with Crippen molar-refractivity contribution in [1.29, 1.82) is 0 Å². The topological polar surface area (TPSA) is 26.3 Å². The molecule has 0 amide bonds. The van der Waals surface area contributed by atoms with Gasteiger partial charge in [0.1, 0.15) is 0 Å². The summed E-state index contributed by atoms with van der Waals surface area (Å²) < 4.78 is 5.57. The third-order valence-electron chi connectivity index (χ3n) is 3.26. The zero-order chi connectivity index (χ0) is 13.7. The number of esters is 1. The molecule has 1 aliphatic carbocycles. The van der Waals surface area contributed by atoms with Crippen molar-refractivity contribution >= 4 is 5.97 Å². The summed E-state index contributed by atoms with van der Waals surface area (Å²) in [6, 6.07) is 9.76. The van der Waals surface area contributed by atoms with Gasteiger partial charge in [-0.05, 0) is 50.7 Å². The van der Waals surface area contributed by atoms with E-state index in [9.17, 15) is 4.79 Å². The first-order valence-corrected chi connectivity index (χ1v) is 6.58. The Morgan fingerprint density at radius 3 is 2.47 bits per heavy atom.